The molecule has 38 heavy (non-hydrogen) atoms. The summed E-state index contributed by atoms with van der Waals surface area (Å²) < 4.78 is 17.9. The number of benzene rings is 3. The zero-order valence-electron chi connectivity index (χ0n) is 22.2. The fourth-order valence-corrected chi connectivity index (χ4v) is 4.64. The molecule has 0 radical (unpaired) electrons. The van der Waals surface area contributed by atoms with Gasteiger partial charge in [-0.15, -0.1) is 0 Å². The number of nitrogens with one attached hydrogen (secondary N) is 1. The summed E-state index contributed by atoms with van der Waals surface area (Å²) in [7, 11) is 0. The van der Waals surface area contributed by atoms with Crippen LogP contribution in [0.2, 0.25) is 0 Å². The predicted octanol–water partition coefficient (Wildman–Crippen LogP) is 8.49. The van der Waals surface area contributed by atoms with E-state index in [0.717, 1.165) is 67.3 Å². The van der Waals surface area contributed by atoms with Gasteiger partial charge in [-0.1, -0.05) is 30.3 Å². The number of furan rings is 1. The minimum atomic E-state index is 0.549. The average Bonchev–Trinajstić information content (AvgIpc) is 3.12. The highest BCUT2D eigenvalue weighted by Gasteiger charge is 2.16. The number of fused-ring (bicyclic) bond motifs is 1. The van der Waals surface area contributed by atoms with E-state index < -0.39 is 0 Å². The first-order valence-electron chi connectivity index (χ1n) is 13.0. The number of aryl methyl sites for hydroxylation is 2. The number of ether oxygens (including phenoxy) is 2. The zero-order chi connectivity index (χ0) is 26.5. The van der Waals surface area contributed by atoms with Gasteiger partial charge in [-0.05, 0) is 99.5 Å². The van der Waals surface area contributed by atoms with Crippen LogP contribution in [0.4, 0.5) is 17.1 Å². The summed E-state index contributed by atoms with van der Waals surface area (Å²) in [5.74, 6) is 3.26. The number of hydrogen-bond acceptors (Lipinski definition) is 5. The van der Waals surface area contributed by atoms with Crippen molar-refractivity contribution in [3.63, 3.8) is 0 Å². The monoisotopic (exact) mass is 504 g/mol. The number of anilines is 2. The molecule has 0 saturated heterocycles. The van der Waals surface area contributed by atoms with E-state index in [-0.39, 0.29) is 0 Å². The number of nitrogens with zero attached hydrogens (tertiary/aromatic N) is 1. The highest BCUT2D eigenvalue weighted by molar-refractivity contribution is 5.93. The first-order chi connectivity index (χ1) is 18.6. The van der Waals surface area contributed by atoms with Crippen LogP contribution in [0.25, 0.3) is 21.9 Å². The topological polar surface area (TPSA) is 56.0 Å². The van der Waals surface area contributed by atoms with Gasteiger partial charge in [0.15, 0.2) is 0 Å². The van der Waals surface area contributed by atoms with Gasteiger partial charge in [-0.2, -0.15) is 0 Å². The Bertz CT molecular complexity index is 1600. The summed E-state index contributed by atoms with van der Waals surface area (Å²) >= 11 is 0. The number of hydrogen-bond donors (Lipinski definition) is 1. The molecule has 5 nitrogen and oxygen atoms in total. The molecule has 5 aromatic rings. The Morgan fingerprint density at radius 2 is 1.34 bits per heavy atom. The fraction of sp³-hybridized carbons (Fsp3) is 0.182. The molecular formula is C33H32N2O3. The molecule has 5 rings (SSSR count). The maximum Gasteiger partial charge on any atom is 0.131 e. The van der Waals surface area contributed by atoms with Gasteiger partial charge >= 0.3 is 0 Å². The standard InChI is InChI=1S/C33H32N2O3/c1-5-36-29-18-12-24(13-19-29)25-20-30(32-22(3)38-23(4)33(32)31(21-25)37-6-2)35-28-16-14-27(15-17-28)34-26-10-8-7-9-11-26/h7-21,34H,5-6H2,1-4H3. The molecule has 1 heterocycles. The number of rotatable bonds is 8. The first-order valence-corrected chi connectivity index (χ1v) is 13.0. The lowest BCUT2D eigenvalue weighted by Gasteiger charge is -2.06. The maximum absolute atomic E-state index is 6.14. The van der Waals surface area contributed by atoms with Gasteiger partial charge in [0.2, 0.25) is 0 Å². The van der Waals surface area contributed by atoms with Gasteiger partial charge in [0.1, 0.15) is 23.0 Å². The van der Waals surface area contributed by atoms with Crippen LogP contribution in [0.3, 0.4) is 0 Å². The quantitative estimate of drug-likeness (QED) is 0.230. The van der Waals surface area contributed by atoms with E-state index in [1.807, 2.05) is 94.4 Å². The second kappa shape index (κ2) is 11.3. The number of para-hydroxylation sites is 1. The van der Waals surface area contributed by atoms with Gasteiger partial charge in [-0.25, -0.2) is 4.99 Å². The van der Waals surface area contributed by atoms with Crippen LogP contribution in [-0.4, -0.2) is 13.2 Å². The highest BCUT2D eigenvalue weighted by atomic mass is 16.5. The van der Waals surface area contributed by atoms with Crippen LogP contribution >= 0.6 is 0 Å². The molecule has 1 N–H and O–H groups in total. The van der Waals surface area contributed by atoms with E-state index >= 15 is 0 Å². The zero-order valence-corrected chi connectivity index (χ0v) is 22.2. The van der Waals surface area contributed by atoms with Crippen LogP contribution < -0.4 is 20.1 Å². The fourth-order valence-electron chi connectivity index (χ4n) is 4.64. The SMILES string of the molecule is CCOc1ccc(-c2cc(OCC)c3c(C)oc(C)c3c(=Nc3ccc(Nc4ccccc4)cc3)c2)cc1. The van der Waals surface area contributed by atoms with Crippen molar-refractivity contribution in [2.75, 3.05) is 18.5 Å². The minimum absolute atomic E-state index is 0.549. The van der Waals surface area contributed by atoms with E-state index in [9.17, 15) is 0 Å². The Labute approximate surface area is 223 Å². The van der Waals surface area contributed by atoms with Crippen molar-refractivity contribution in [1.29, 1.82) is 0 Å². The second-order valence-electron chi connectivity index (χ2n) is 9.00. The minimum Gasteiger partial charge on any atom is -0.494 e. The lowest BCUT2D eigenvalue weighted by molar-refractivity contribution is 0.340. The van der Waals surface area contributed by atoms with Gasteiger partial charge in [0.05, 0.1) is 35.0 Å². The third-order valence-corrected chi connectivity index (χ3v) is 6.32. The molecule has 0 aliphatic rings. The smallest absolute Gasteiger partial charge is 0.131 e. The van der Waals surface area contributed by atoms with E-state index in [4.69, 9.17) is 18.9 Å². The summed E-state index contributed by atoms with van der Waals surface area (Å²) in [6.45, 7) is 9.12. The van der Waals surface area contributed by atoms with E-state index in [1.165, 1.54) is 0 Å². The molecule has 1 aromatic heterocycles. The molecule has 0 fully saturated rings. The van der Waals surface area contributed by atoms with Crippen molar-refractivity contribution in [2.24, 2.45) is 4.99 Å². The summed E-state index contributed by atoms with van der Waals surface area (Å²) in [6.07, 6.45) is 0. The first kappa shape index (κ1) is 25.2. The van der Waals surface area contributed by atoms with Crippen LogP contribution in [0, 0.1) is 13.8 Å². The van der Waals surface area contributed by atoms with Crippen LogP contribution in [0.5, 0.6) is 11.5 Å². The lowest BCUT2D eigenvalue weighted by Crippen LogP contribution is -2.00. The highest BCUT2D eigenvalue weighted by Crippen LogP contribution is 2.34. The molecule has 0 bridgehead atoms. The molecule has 192 valence electrons. The molecule has 0 unspecified atom stereocenters. The maximum atomic E-state index is 6.14. The van der Waals surface area contributed by atoms with E-state index in [1.54, 1.807) is 0 Å². The Morgan fingerprint density at radius 1 is 0.684 bits per heavy atom. The van der Waals surface area contributed by atoms with Crippen molar-refractivity contribution in [2.45, 2.75) is 27.7 Å². The van der Waals surface area contributed by atoms with Crippen LogP contribution in [0.1, 0.15) is 25.4 Å². The molecule has 0 atom stereocenters. The summed E-state index contributed by atoms with van der Waals surface area (Å²) in [5, 5.41) is 6.15. The molecule has 0 aliphatic carbocycles. The molecule has 5 heteroatoms. The average molecular weight is 505 g/mol. The third-order valence-electron chi connectivity index (χ3n) is 6.32. The van der Waals surface area contributed by atoms with E-state index in [2.05, 4.69) is 29.6 Å². The largest absolute Gasteiger partial charge is 0.494 e. The third kappa shape index (κ3) is 5.42. The van der Waals surface area contributed by atoms with Crippen molar-refractivity contribution in [3.05, 3.63) is 108 Å². The molecule has 4 aromatic carbocycles. The summed E-state index contributed by atoms with van der Waals surface area (Å²) in [6, 6.07) is 30.6. The Kier molecular flexibility index (Phi) is 7.45. The second-order valence-corrected chi connectivity index (χ2v) is 9.00. The van der Waals surface area contributed by atoms with Crippen LogP contribution in [0.15, 0.2) is 100 Å². The Morgan fingerprint density at radius 3 is 2.03 bits per heavy atom. The molecule has 0 aliphatic heterocycles. The molecule has 0 saturated carbocycles. The predicted molar refractivity (Wildman–Crippen MR) is 155 cm³/mol. The molecular weight excluding hydrogens is 472 g/mol. The normalized spacial score (nSPS) is 11.5. The van der Waals surface area contributed by atoms with Crippen molar-refractivity contribution in [3.8, 4) is 22.6 Å². The van der Waals surface area contributed by atoms with Crippen molar-refractivity contribution >= 4 is 27.8 Å². The molecule has 0 amide bonds. The van der Waals surface area contributed by atoms with Crippen LogP contribution in [-0.2, 0) is 0 Å². The summed E-state index contributed by atoms with van der Waals surface area (Å²) in [4.78, 5) is 5.10. The molecule has 0 spiro atoms. The van der Waals surface area contributed by atoms with E-state index in [0.29, 0.717) is 13.2 Å². The van der Waals surface area contributed by atoms with Gasteiger partial charge in [0, 0.05) is 11.4 Å². The summed E-state index contributed by atoms with van der Waals surface area (Å²) in [5.41, 5.74) is 4.96. The van der Waals surface area contributed by atoms with Gasteiger partial charge in [-0.3, -0.25) is 0 Å². The van der Waals surface area contributed by atoms with Gasteiger partial charge in [0.25, 0.3) is 0 Å². The Hall–Kier alpha value is -4.51. The van der Waals surface area contributed by atoms with Crippen molar-refractivity contribution < 1.29 is 13.9 Å². The lowest BCUT2D eigenvalue weighted by atomic mass is 10.1. The van der Waals surface area contributed by atoms with Crippen molar-refractivity contribution in [1.82, 2.24) is 0 Å². The Balaban J connectivity index is 1.66. The van der Waals surface area contributed by atoms with Gasteiger partial charge < -0.3 is 19.2 Å².